The smallest absolute Gasteiger partial charge is 0.357 e. The highest BCUT2D eigenvalue weighted by Gasteiger charge is 2.32. The van der Waals surface area contributed by atoms with E-state index in [9.17, 15) is 14.4 Å². The van der Waals surface area contributed by atoms with Crippen LogP contribution in [0.2, 0.25) is 0 Å². The fourth-order valence-corrected chi connectivity index (χ4v) is 4.53. The molecule has 1 N–H and O–H groups in total. The Hall–Kier alpha value is -4.64. The van der Waals surface area contributed by atoms with Gasteiger partial charge in [0.15, 0.2) is 23.8 Å². The molecule has 1 amide bonds. The third-order valence-electron chi connectivity index (χ3n) is 5.94. The zero-order valence-electron chi connectivity index (χ0n) is 22.9. The third kappa shape index (κ3) is 6.58. The molecule has 4 rings (SSSR count). The first-order chi connectivity index (χ1) is 19.8. The molecule has 0 aliphatic heterocycles. The molecule has 0 saturated heterocycles. The molecular formula is C30H28BrN3O7. The van der Waals surface area contributed by atoms with Crippen LogP contribution < -0.4 is 14.8 Å². The minimum Gasteiger partial charge on any atom is -0.490 e. The van der Waals surface area contributed by atoms with Crippen molar-refractivity contribution in [3.8, 4) is 28.4 Å². The van der Waals surface area contributed by atoms with E-state index in [4.69, 9.17) is 18.9 Å². The monoisotopic (exact) mass is 621 g/mol. The number of aromatic nitrogens is 2. The maximum absolute atomic E-state index is 13.0. The lowest BCUT2D eigenvalue weighted by atomic mass is 10.0. The number of ether oxygens (including phenoxy) is 4. The molecule has 4 aromatic rings. The first-order valence-corrected chi connectivity index (χ1v) is 13.4. The van der Waals surface area contributed by atoms with Gasteiger partial charge in [-0.1, -0.05) is 35.9 Å². The van der Waals surface area contributed by atoms with Gasteiger partial charge in [0.2, 0.25) is 0 Å². The van der Waals surface area contributed by atoms with Gasteiger partial charge in [-0.15, -0.1) is 0 Å². The van der Waals surface area contributed by atoms with Crippen LogP contribution in [0.4, 0.5) is 5.69 Å². The molecule has 0 unspecified atom stereocenters. The van der Waals surface area contributed by atoms with Crippen molar-refractivity contribution in [3.63, 3.8) is 0 Å². The van der Waals surface area contributed by atoms with Gasteiger partial charge in [0.1, 0.15) is 11.3 Å². The summed E-state index contributed by atoms with van der Waals surface area (Å²) >= 11 is 3.53. The van der Waals surface area contributed by atoms with Crippen LogP contribution in [0.3, 0.4) is 0 Å². The van der Waals surface area contributed by atoms with Gasteiger partial charge in [0, 0.05) is 15.7 Å². The van der Waals surface area contributed by atoms with Gasteiger partial charge < -0.3 is 24.3 Å². The van der Waals surface area contributed by atoms with E-state index in [-0.39, 0.29) is 35.2 Å². The van der Waals surface area contributed by atoms with Crippen LogP contribution in [-0.2, 0) is 14.3 Å². The molecule has 0 saturated carbocycles. The number of hydrogen-bond acceptors (Lipinski definition) is 8. The molecule has 3 aromatic carbocycles. The largest absolute Gasteiger partial charge is 0.490 e. The number of aryl methyl sites for hydroxylation is 1. The molecule has 11 heteroatoms. The second kappa shape index (κ2) is 13.1. The molecule has 0 fully saturated rings. The molecule has 0 aliphatic rings. The number of carbonyl (C=O) groups excluding carboxylic acids is 3. The number of anilines is 1. The summed E-state index contributed by atoms with van der Waals surface area (Å²) in [6, 6.07) is 19.5. The van der Waals surface area contributed by atoms with Crippen molar-refractivity contribution in [3.05, 3.63) is 88.0 Å². The summed E-state index contributed by atoms with van der Waals surface area (Å²) in [5.41, 5.74) is 2.65. The minimum atomic E-state index is -0.777. The highest BCUT2D eigenvalue weighted by molar-refractivity contribution is 9.10. The number of hydrogen-bond donors (Lipinski definition) is 1. The first-order valence-electron chi connectivity index (χ1n) is 12.6. The number of amides is 1. The molecule has 0 aliphatic carbocycles. The molecule has 10 nitrogen and oxygen atoms in total. The van der Waals surface area contributed by atoms with Crippen molar-refractivity contribution in [1.82, 2.24) is 9.78 Å². The molecule has 1 heterocycles. The van der Waals surface area contributed by atoms with E-state index in [0.29, 0.717) is 33.8 Å². The summed E-state index contributed by atoms with van der Waals surface area (Å²) < 4.78 is 23.5. The van der Waals surface area contributed by atoms with Crippen LogP contribution in [0, 0.1) is 6.92 Å². The lowest BCUT2D eigenvalue weighted by Gasteiger charge is -2.15. The molecule has 0 radical (unpaired) electrons. The van der Waals surface area contributed by atoms with E-state index >= 15 is 0 Å². The van der Waals surface area contributed by atoms with Crippen molar-refractivity contribution < 1.29 is 33.3 Å². The Morgan fingerprint density at radius 1 is 0.902 bits per heavy atom. The average Bonchev–Trinajstić information content (AvgIpc) is 3.38. The Bertz CT molecular complexity index is 1570. The Labute approximate surface area is 245 Å². The molecule has 0 bridgehead atoms. The lowest BCUT2D eigenvalue weighted by molar-refractivity contribution is -0.118. The van der Waals surface area contributed by atoms with Gasteiger partial charge in [-0.05, 0) is 66.2 Å². The van der Waals surface area contributed by atoms with Gasteiger partial charge in [-0.2, -0.15) is 5.10 Å². The van der Waals surface area contributed by atoms with Crippen LogP contribution in [-0.4, -0.2) is 55.1 Å². The number of carbonyl (C=O) groups is 3. The maximum Gasteiger partial charge on any atom is 0.357 e. The standard InChI is InChI=1S/C30H28BrN3O7/c1-5-40-23-15-21(22(31)16-24(23)41-17-25(35)32-19-13-11-18(2)12-14-19)27-26(29(36)38-3)28(30(37)39-4)34(33-27)20-9-7-6-8-10-20/h6-16H,5,17H2,1-4H3,(H,32,35). The summed E-state index contributed by atoms with van der Waals surface area (Å²) in [5.74, 6) is -1.31. The molecular weight excluding hydrogens is 594 g/mol. The number of esters is 2. The van der Waals surface area contributed by atoms with E-state index in [0.717, 1.165) is 5.56 Å². The number of rotatable bonds is 10. The number of para-hydroxylation sites is 1. The Morgan fingerprint density at radius 3 is 2.20 bits per heavy atom. The van der Waals surface area contributed by atoms with Crippen LogP contribution in [0.25, 0.3) is 16.9 Å². The number of nitrogens with one attached hydrogen (secondary N) is 1. The predicted octanol–water partition coefficient (Wildman–Crippen LogP) is 5.60. The molecule has 0 atom stereocenters. The second-order valence-corrected chi connectivity index (χ2v) is 9.57. The third-order valence-corrected chi connectivity index (χ3v) is 6.59. The number of methoxy groups -OCH3 is 2. The zero-order valence-corrected chi connectivity index (χ0v) is 24.5. The van der Waals surface area contributed by atoms with Gasteiger partial charge in [-0.3, -0.25) is 4.79 Å². The summed E-state index contributed by atoms with van der Waals surface area (Å²) in [6.45, 7) is 3.78. The second-order valence-electron chi connectivity index (χ2n) is 8.72. The van der Waals surface area contributed by atoms with Crippen molar-refractivity contribution in [2.75, 3.05) is 32.8 Å². The number of benzene rings is 3. The molecule has 212 valence electrons. The fraction of sp³-hybridized carbons (Fsp3) is 0.200. The number of halogens is 1. The SMILES string of the molecule is CCOc1cc(-c2nn(-c3ccccc3)c(C(=O)OC)c2C(=O)OC)c(Br)cc1OCC(=O)Nc1ccc(C)cc1. The Morgan fingerprint density at radius 2 is 1.56 bits per heavy atom. The fourth-order valence-electron chi connectivity index (χ4n) is 4.02. The van der Waals surface area contributed by atoms with Gasteiger partial charge in [0.05, 0.1) is 26.5 Å². The molecule has 0 spiro atoms. The van der Waals surface area contributed by atoms with Crippen molar-refractivity contribution in [2.45, 2.75) is 13.8 Å². The van der Waals surface area contributed by atoms with E-state index in [1.807, 2.05) is 25.1 Å². The van der Waals surface area contributed by atoms with Crippen LogP contribution in [0.1, 0.15) is 33.3 Å². The van der Waals surface area contributed by atoms with Crippen LogP contribution in [0.5, 0.6) is 11.5 Å². The lowest BCUT2D eigenvalue weighted by Crippen LogP contribution is -2.20. The Balaban J connectivity index is 1.75. The van der Waals surface area contributed by atoms with Gasteiger partial charge in [0.25, 0.3) is 5.91 Å². The number of nitrogens with zero attached hydrogens (tertiary/aromatic N) is 2. The highest BCUT2D eigenvalue weighted by atomic mass is 79.9. The van der Waals surface area contributed by atoms with Crippen molar-refractivity contribution in [1.29, 1.82) is 0 Å². The Kier molecular flexibility index (Phi) is 9.41. The maximum atomic E-state index is 13.0. The van der Waals surface area contributed by atoms with Gasteiger partial charge in [-0.25, -0.2) is 14.3 Å². The van der Waals surface area contributed by atoms with Gasteiger partial charge >= 0.3 is 11.9 Å². The van der Waals surface area contributed by atoms with E-state index in [1.54, 1.807) is 55.5 Å². The normalized spacial score (nSPS) is 10.6. The van der Waals surface area contributed by atoms with E-state index in [2.05, 4.69) is 26.3 Å². The summed E-state index contributed by atoms with van der Waals surface area (Å²) in [5, 5.41) is 7.42. The quantitative estimate of drug-likeness (QED) is 0.227. The van der Waals surface area contributed by atoms with Crippen molar-refractivity contribution in [2.24, 2.45) is 0 Å². The summed E-state index contributed by atoms with van der Waals surface area (Å²) in [4.78, 5) is 38.5. The highest BCUT2D eigenvalue weighted by Crippen LogP contribution is 2.41. The summed E-state index contributed by atoms with van der Waals surface area (Å²) in [7, 11) is 2.43. The topological polar surface area (TPSA) is 118 Å². The van der Waals surface area contributed by atoms with Crippen LogP contribution in [0.15, 0.2) is 71.2 Å². The first kappa shape index (κ1) is 29.3. The predicted molar refractivity (Wildman–Crippen MR) is 156 cm³/mol. The summed E-state index contributed by atoms with van der Waals surface area (Å²) in [6.07, 6.45) is 0. The van der Waals surface area contributed by atoms with E-state index in [1.165, 1.54) is 18.9 Å². The van der Waals surface area contributed by atoms with Crippen molar-refractivity contribution >= 4 is 39.5 Å². The minimum absolute atomic E-state index is 0.0857. The van der Waals surface area contributed by atoms with Crippen LogP contribution >= 0.6 is 15.9 Å². The van der Waals surface area contributed by atoms with E-state index < -0.39 is 11.9 Å². The molecule has 41 heavy (non-hydrogen) atoms. The zero-order chi connectivity index (χ0) is 29.5. The molecule has 1 aromatic heterocycles. The average molecular weight is 622 g/mol.